The van der Waals surface area contributed by atoms with Gasteiger partial charge in [0.1, 0.15) is 11.5 Å². The van der Waals surface area contributed by atoms with E-state index in [2.05, 4.69) is 10.1 Å². The van der Waals surface area contributed by atoms with Crippen molar-refractivity contribution in [3.8, 4) is 22.5 Å². The van der Waals surface area contributed by atoms with E-state index in [-0.39, 0.29) is 0 Å². The summed E-state index contributed by atoms with van der Waals surface area (Å²) >= 11 is 0. The summed E-state index contributed by atoms with van der Waals surface area (Å²) in [4.78, 5) is 4.45. The van der Waals surface area contributed by atoms with E-state index in [1.807, 2.05) is 61.7 Å². The van der Waals surface area contributed by atoms with Gasteiger partial charge in [-0.25, -0.2) is 0 Å². The van der Waals surface area contributed by atoms with Crippen LogP contribution < -0.4 is 0 Å². The molecule has 0 aliphatic carbocycles. The molecule has 3 rings (SSSR count). The first-order chi connectivity index (χ1) is 8.83. The Morgan fingerprint density at radius 1 is 0.889 bits per heavy atom. The van der Waals surface area contributed by atoms with Crippen molar-refractivity contribution < 1.29 is 4.52 Å². The molecule has 2 heterocycles. The van der Waals surface area contributed by atoms with E-state index in [1.54, 1.807) is 0 Å². The van der Waals surface area contributed by atoms with E-state index < -0.39 is 0 Å². The smallest absolute Gasteiger partial charge is 0.134 e. The number of hydrogen-bond acceptors (Lipinski definition) is 3. The predicted molar refractivity (Wildman–Crippen MR) is 69.9 cm³/mol. The van der Waals surface area contributed by atoms with Gasteiger partial charge in [0.15, 0.2) is 0 Å². The van der Waals surface area contributed by atoms with Gasteiger partial charge in [0.05, 0.1) is 5.69 Å². The standard InChI is InChI=1S/C15H12N2O/c1-11-9-15(17-18-11)13-7-8-14(16-10-13)12-5-3-2-4-6-12/h2-10H,1H3. The van der Waals surface area contributed by atoms with Gasteiger partial charge in [-0.05, 0) is 19.1 Å². The zero-order chi connectivity index (χ0) is 12.4. The van der Waals surface area contributed by atoms with Crippen LogP contribution in [0.25, 0.3) is 22.5 Å². The topological polar surface area (TPSA) is 38.9 Å². The minimum atomic E-state index is 0.803. The van der Waals surface area contributed by atoms with Gasteiger partial charge in [-0.2, -0.15) is 0 Å². The van der Waals surface area contributed by atoms with Crippen LogP contribution in [0.15, 0.2) is 59.3 Å². The molecule has 0 atom stereocenters. The minimum absolute atomic E-state index is 0.803. The highest BCUT2D eigenvalue weighted by atomic mass is 16.5. The first-order valence-corrected chi connectivity index (χ1v) is 5.78. The summed E-state index contributed by atoms with van der Waals surface area (Å²) in [5.41, 5.74) is 3.85. The zero-order valence-corrected chi connectivity index (χ0v) is 10.00. The predicted octanol–water partition coefficient (Wildman–Crippen LogP) is 3.71. The van der Waals surface area contributed by atoms with Gasteiger partial charge in [0, 0.05) is 23.4 Å². The maximum absolute atomic E-state index is 5.06. The third kappa shape index (κ3) is 2.02. The van der Waals surface area contributed by atoms with Gasteiger partial charge in [0.2, 0.25) is 0 Å². The molecular weight excluding hydrogens is 224 g/mol. The third-order valence-corrected chi connectivity index (χ3v) is 2.76. The number of hydrogen-bond donors (Lipinski definition) is 0. The number of aromatic nitrogens is 2. The molecule has 0 radical (unpaired) electrons. The van der Waals surface area contributed by atoms with E-state index in [0.717, 1.165) is 28.3 Å². The Morgan fingerprint density at radius 3 is 2.33 bits per heavy atom. The molecule has 0 saturated heterocycles. The highest BCUT2D eigenvalue weighted by Crippen LogP contribution is 2.21. The molecule has 0 fully saturated rings. The molecule has 0 aliphatic heterocycles. The number of pyridine rings is 1. The fourth-order valence-electron chi connectivity index (χ4n) is 1.83. The highest BCUT2D eigenvalue weighted by Gasteiger charge is 2.05. The molecule has 3 heteroatoms. The van der Waals surface area contributed by atoms with Crippen LogP contribution in [0.4, 0.5) is 0 Å². The van der Waals surface area contributed by atoms with Crippen LogP contribution in [-0.4, -0.2) is 10.1 Å². The van der Waals surface area contributed by atoms with Crippen molar-refractivity contribution in [3.05, 3.63) is 60.5 Å². The van der Waals surface area contributed by atoms with Crippen molar-refractivity contribution >= 4 is 0 Å². The van der Waals surface area contributed by atoms with Crippen molar-refractivity contribution in [3.63, 3.8) is 0 Å². The molecular formula is C15H12N2O. The number of rotatable bonds is 2. The SMILES string of the molecule is Cc1cc(-c2ccc(-c3ccccc3)nc2)no1. The van der Waals surface area contributed by atoms with Crippen molar-refractivity contribution in [1.29, 1.82) is 0 Å². The Hall–Kier alpha value is -2.42. The fraction of sp³-hybridized carbons (Fsp3) is 0.0667. The quantitative estimate of drug-likeness (QED) is 0.680. The Balaban J connectivity index is 1.94. The average Bonchev–Trinajstić information content (AvgIpc) is 2.87. The summed E-state index contributed by atoms with van der Waals surface area (Å²) in [5.74, 6) is 0.803. The summed E-state index contributed by atoms with van der Waals surface area (Å²) in [5, 5.41) is 3.97. The van der Waals surface area contributed by atoms with Crippen LogP contribution in [0.2, 0.25) is 0 Å². The Labute approximate surface area is 105 Å². The summed E-state index contributed by atoms with van der Waals surface area (Å²) < 4.78 is 5.06. The lowest BCUT2D eigenvalue weighted by molar-refractivity contribution is 0.399. The molecule has 0 bridgehead atoms. The van der Waals surface area contributed by atoms with Gasteiger partial charge in [-0.1, -0.05) is 35.5 Å². The van der Waals surface area contributed by atoms with Crippen molar-refractivity contribution in [2.24, 2.45) is 0 Å². The lowest BCUT2D eigenvalue weighted by Gasteiger charge is -2.01. The molecule has 1 aromatic carbocycles. The monoisotopic (exact) mass is 236 g/mol. The van der Waals surface area contributed by atoms with Gasteiger partial charge in [-0.3, -0.25) is 4.98 Å². The van der Waals surface area contributed by atoms with Gasteiger partial charge in [0.25, 0.3) is 0 Å². The minimum Gasteiger partial charge on any atom is -0.361 e. The van der Waals surface area contributed by atoms with Gasteiger partial charge in [-0.15, -0.1) is 0 Å². The molecule has 88 valence electrons. The normalized spacial score (nSPS) is 10.5. The summed E-state index contributed by atoms with van der Waals surface area (Å²) in [6.07, 6.45) is 1.82. The fourth-order valence-corrected chi connectivity index (χ4v) is 1.83. The Morgan fingerprint density at radius 2 is 1.72 bits per heavy atom. The lowest BCUT2D eigenvalue weighted by atomic mass is 10.1. The molecule has 0 saturated carbocycles. The molecule has 0 aliphatic rings. The van der Waals surface area contributed by atoms with E-state index >= 15 is 0 Å². The largest absolute Gasteiger partial charge is 0.361 e. The number of benzene rings is 1. The maximum atomic E-state index is 5.06. The van der Waals surface area contributed by atoms with Crippen LogP contribution in [0.1, 0.15) is 5.76 Å². The van der Waals surface area contributed by atoms with E-state index in [0.29, 0.717) is 0 Å². The molecule has 3 aromatic rings. The van der Waals surface area contributed by atoms with Crippen LogP contribution >= 0.6 is 0 Å². The lowest BCUT2D eigenvalue weighted by Crippen LogP contribution is -1.84. The molecule has 18 heavy (non-hydrogen) atoms. The highest BCUT2D eigenvalue weighted by molar-refractivity contribution is 5.64. The van der Waals surface area contributed by atoms with Crippen LogP contribution in [0.5, 0.6) is 0 Å². The van der Waals surface area contributed by atoms with Crippen molar-refractivity contribution in [1.82, 2.24) is 10.1 Å². The summed E-state index contributed by atoms with van der Waals surface area (Å²) in [6, 6.07) is 16.0. The average molecular weight is 236 g/mol. The molecule has 0 spiro atoms. The van der Waals surface area contributed by atoms with E-state index in [1.165, 1.54) is 0 Å². The van der Waals surface area contributed by atoms with Crippen molar-refractivity contribution in [2.45, 2.75) is 6.92 Å². The van der Waals surface area contributed by atoms with Gasteiger partial charge < -0.3 is 4.52 Å². The third-order valence-electron chi connectivity index (χ3n) is 2.76. The van der Waals surface area contributed by atoms with Crippen LogP contribution in [0, 0.1) is 6.92 Å². The molecule has 0 amide bonds. The van der Waals surface area contributed by atoms with Crippen LogP contribution in [-0.2, 0) is 0 Å². The Bertz CT molecular complexity index is 642. The second kappa shape index (κ2) is 4.45. The number of aryl methyl sites for hydroxylation is 1. The second-order valence-corrected chi connectivity index (χ2v) is 4.12. The summed E-state index contributed by atoms with van der Waals surface area (Å²) in [6.45, 7) is 1.88. The summed E-state index contributed by atoms with van der Waals surface area (Å²) in [7, 11) is 0. The molecule has 0 N–H and O–H groups in total. The van der Waals surface area contributed by atoms with E-state index in [9.17, 15) is 0 Å². The zero-order valence-electron chi connectivity index (χ0n) is 10.00. The maximum Gasteiger partial charge on any atom is 0.134 e. The molecule has 3 nitrogen and oxygen atoms in total. The molecule has 2 aromatic heterocycles. The van der Waals surface area contributed by atoms with E-state index in [4.69, 9.17) is 4.52 Å². The first-order valence-electron chi connectivity index (χ1n) is 5.78. The van der Waals surface area contributed by atoms with Crippen LogP contribution in [0.3, 0.4) is 0 Å². The van der Waals surface area contributed by atoms with Gasteiger partial charge >= 0.3 is 0 Å². The first kappa shape index (κ1) is 10.7. The van der Waals surface area contributed by atoms with Crippen molar-refractivity contribution in [2.75, 3.05) is 0 Å². The molecule has 0 unspecified atom stereocenters. The Kier molecular flexibility index (Phi) is 2.65. The number of nitrogens with zero attached hydrogens (tertiary/aromatic N) is 2. The second-order valence-electron chi connectivity index (χ2n) is 4.12.